The molecule has 0 heterocycles. The number of benzene rings is 2. The number of rotatable bonds is 5. The first-order valence-electron chi connectivity index (χ1n) is 7.28. The van der Waals surface area contributed by atoms with Crippen molar-refractivity contribution in [2.24, 2.45) is 0 Å². The van der Waals surface area contributed by atoms with E-state index in [2.05, 4.69) is 5.32 Å². The van der Waals surface area contributed by atoms with Crippen LogP contribution < -0.4 is 5.32 Å². The van der Waals surface area contributed by atoms with Crippen molar-refractivity contribution in [3.8, 4) is 0 Å². The van der Waals surface area contributed by atoms with Crippen LogP contribution in [0.1, 0.15) is 40.1 Å². The molecular formula is C18H17F2NO3. The van der Waals surface area contributed by atoms with Crippen molar-refractivity contribution in [3.63, 3.8) is 0 Å². The van der Waals surface area contributed by atoms with E-state index in [0.717, 1.165) is 12.1 Å². The van der Waals surface area contributed by atoms with E-state index in [0.29, 0.717) is 17.2 Å². The molecule has 0 bridgehead atoms. The quantitative estimate of drug-likeness (QED) is 0.827. The van der Waals surface area contributed by atoms with E-state index in [9.17, 15) is 23.5 Å². The number of carbonyl (C=O) groups excluding carboxylic acids is 2. The van der Waals surface area contributed by atoms with Gasteiger partial charge in [-0.2, -0.15) is 0 Å². The molecular weight excluding hydrogens is 316 g/mol. The zero-order chi connectivity index (χ0) is 17.9. The second-order valence-electron chi connectivity index (χ2n) is 5.71. The topological polar surface area (TPSA) is 66.4 Å². The molecule has 126 valence electrons. The minimum atomic E-state index is -1.70. The minimum absolute atomic E-state index is 0.114. The van der Waals surface area contributed by atoms with Gasteiger partial charge in [0.2, 0.25) is 0 Å². The average Bonchev–Trinajstić information content (AvgIpc) is 2.52. The smallest absolute Gasteiger partial charge is 0.251 e. The Morgan fingerprint density at radius 2 is 1.67 bits per heavy atom. The van der Waals surface area contributed by atoms with Crippen LogP contribution in [-0.2, 0) is 5.60 Å². The fourth-order valence-corrected chi connectivity index (χ4v) is 2.23. The second-order valence-corrected chi connectivity index (χ2v) is 5.71. The number of hydrogen-bond donors (Lipinski definition) is 2. The third kappa shape index (κ3) is 4.02. The molecule has 1 atom stereocenters. The monoisotopic (exact) mass is 333 g/mol. The van der Waals surface area contributed by atoms with E-state index in [1.165, 1.54) is 38.1 Å². The first-order chi connectivity index (χ1) is 11.2. The summed E-state index contributed by atoms with van der Waals surface area (Å²) in [5, 5.41) is 12.8. The van der Waals surface area contributed by atoms with Gasteiger partial charge in [0, 0.05) is 22.8 Å². The van der Waals surface area contributed by atoms with Crippen molar-refractivity contribution in [1.82, 2.24) is 5.32 Å². The molecule has 0 aromatic heterocycles. The Morgan fingerprint density at radius 3 is 2.21 bits per heavy atom. The summed E-state index contributed by atoms with van der Waals surface area (Å²) in [7, 11) is 0. The maximum atomic E-state index is 13.8. The van der Waals surface area contributed by atoms with Crippen LogP contribution in [0.15, 0.2) is 42.5 Å². The van der Waals surface area contributed by atoms with Crippen LogP contribution in [0.3, 0.4) is 0 Å². The number of amides is 1. The lowest BCUT2D eigenvalue weighted by Gasteiger charge is -2.24. The molecule has 0 saturated carbocycles. The van der Waals surface area contributed by atoms with E-state index < -0.39 is 23.1 Å². The Morgan fingerprint density at radius 1 is 1.08 bits per heavy atom. The molecule has 0 fully saturated rings. The summed E-state index contributed by atoms with van der Waals surface area (Å²) in [5.74, 6) is -2.23. The number of halogens is 2. The summed E-state index contributed by atoms with van der Waals surface area (Å²) < 4.78 is 26.7. The van der Waals surface area contributed by atoms with Crippen molar-refractivity contribution in [2.75, 3.05) is 6.54 Å². The van der Waals surface area contributed by atoms with Gasteiger partial charge in [0.25, 0.3) is 5.91 Å². The molecule has 2 rings (SSSR count). The molecule has 2 aromatic carbocycles. The fourth-order valence-electron chi connectivity index (χ4n) is 2.23. The number of Topliss-reactive ketones (excluding diaryl/α,β-unsaturated/α-hetero) is 1. The number of hydrogen-bond acceptors (Lipinski definition) is 3. The highest BCUT2D eigenvalue weighted by Gasteiger charge is 2.27. The van der Waals surface area contributed by atoms with Gasteiger partial charge in [-0.15, -0.1) is 0 Å². The van der Waals surface area contributed by atoms with Crippen LogP contribution in [0.4, 0.5) is 8.78 Å². The molecule has 1 unspecified atom stereocenters. The van der Waals surface area contributed by atoms with Crippen LogP contribution in [-0.4, -0.2) is 23.3 Å². The van der Waals surface area contributed by atoms with Crippen molar-refractivity contribution < 1.29 is 23.5 Å². The lowest BCUT2D eigenvalue weighted by atomic mass is 9.95. The van der Waals surface area contributed by atoms with Crippen molar-refractivity contribution in [1.29, 1.82) is 0 Å². The van der Waals surface area contributed by atoms with Gasteiger partial charge in [-0.3, -0.25) is 9.59 Å². The van der Waals surface area contributed by atoms with Crippen LogP contribution >= 0.6 is 0 Å². The molecule has 0 aliphatic rings. The standard InChI is InChI=1S/C18H17F2NO3/c1-11(22)12-3-5-13(6-4-12)17(23)21-10-18(2,24)15-8-7-14(19)9-16(15)20/h3-9,24H,10H2,1-2H3,(H,21,23). The molecule has 1 amide bonds. The Bertz CT molecular complexity index is 770. The third-order valence-electron chi connectivity index (χ3n) is 3.66. The molecule has 4 nitrogen and oxygen atoms in total. The Balaban J connectivity index is 2.08. The zero-order valence-corrected chi connectivity index (χ0v) is 13.3. The zero-order valence-electron chi connectivity index (χ0n) is 13.3. The summed E-state index contributed by atoms with van der Waals surface area (Å²) in [6.45, 7) is 2.48. The van der Waals surface area contributed by atoms with E-state index in [1.54, 1.807) is 0 Å². The third-order valence-corrected chi connectivity index (χ3v) is 3.66. The number of aliphatic hydroxyl groups is 1. The molecule has 6 heteroatoms. The normalized spacial score (nSPS) is 13.2. The van der Waals surface area contributed by atoms with E-state index in [-0.39, 0.29) is 17.9 Å². The van der Waals surface area contributed by atoms with E-state index >= 15 is 0 Å². The fraction of sp³-hybridized carbons (Fsp3) is 0.222. The van der Waals surface area contributed by atoms with Gasteiger partial charge in [-0.05, 0) is 32.0 Å². The minimum Gasteiger partial charge on any atom is -0.383 e. The SMILES string of the molecule is CC(=O)c1ccc(C(=O)NCC(C)(O)c2ccc(F)cc2F)cc1. The highest BCUT2D eigenvalue weighted by atomic mass is 19.1. The van der Waals surface area contributed by atoms with Gasteiger partial charge in [-0.1, -0.05) is 18.2 Å². The molecule has 2 aromatic rings. The average molecular weight is 333 g/mol. The molecule has 0 radical (unpaired) electrons. The lowest BCUT2D eigenvalue weighted by Crippen LogP contribution is -2.39. The Kier molecular flexibility index (Phi) is 5.09. The highest BCUT2D eigenvalue weighted by molar-refractivity contribution is 5.97. The first-order valence-corrected chi connectivity index (χ1v) is 7.28. The van der Waals surface area contributed by atoms with Crippen LogP contribution in [0, 0.1) is 11.6 Å². The molecule has 24 heavy (non-hydrogen) atoms. The van der Waals surface area contributed by atoms with Crippen LogP contribution in [0.2, 0.25) is 0 Å². The number of ketones is 1. The number of nitrogens with one attached hydrogen (secondary N) is 1. The first kappa shape index (κ1) is 17.7. The largest absolute Gasteiger partial charge is 0.383 e. The second kappa shape index (κ2) is 6.88. The summed E-state index contributed by atoms with van der Waals surface area (Å²) in [6, 6.07) is 8.86. The lowest BCUT2D eigenvalue weighted by molar-refractivity contribution is 0.0494. The van der Waals surface area contributed by atoms with Crippen LogP contribution in [0.25, 0.3) is 0 Å². The molecule has 2 N–H and O–H groups in total. The van der Waals surface area contributed by atoms with Gasteiger partial charge < -0.3 is 10.4 Å². The van der Waals surface area contributed by atoms with Gasteiger partial charge in [0.05, 0.1) is 6.54 Å². The Hall–Kier alpha value is -2.60. The van der Waals surface area contributed by atoms with Gasteiger partial charge >= 0.3 is 0 Å². The van der Waals surface area contributed by atoms with Crippen molar-refractivity contribution in [3.05, 3.63) is 70.8 Å². The molecule has 0 aliphatic carbocycles. The van der Waals surface area contributed by atoms with Crippen molar-refractivity contribution >= 4 is 11.7 Å². The van der Waals surface area contributed by atoms with Gasteiger partial charge in [0.1, 0.15) is 17.2 Å². The predicted octanol–water partition coefficient (Wildman–Crippen LogP) is 2.80. The summed E-state index contributed by atoms with van der Waals surface area (Å²) in [6.07, 6.45) is 0. The van der Waals surface area contributed by atoms with Gasteiger partial charge in [0.15, 0.2) is 5.78 Å². The highest BCUT2D eigenvalue weighted by Crippen LogP contribution is 2.23. The van der Waals surface area contributed by atoms with Gasteiger partial charge in [-0.25, -0.2) is 8.78 Å². The van der Waals surface area contributed by atoms with E-state index in [1.807, 2.05) is 0 Å². The molecule has 0 spiro atoms. The summed E-state index contributed by atoms with van der Waals surface area (Å²) in [4.78, 5) is 23.3. The number of carbonyl (C=O) groups is 2. The molecule has 0 aliphatic heterocycles. The van der Waals surface area contributed by atoms with E-state index in [4.69, 9.17) is 0 Å². The van der Waals surface area contributed by atoms with Crippen LogP contribution in [0.5, 0.6) is 0 Å². The van der Waals surface area contributed by atoms with Crippen molar-refractivity contribution in [2.45, 2.75) is 19.4 Å². The molecule has 0 saturated heterocycles. The Labute approximate surface area is 138 Å². The predicted molar refractivity (Wildman–Crippen MR) is 84.7 cm³/mol. The summed E-state index contributed by atoms with van der Waals surface area (Å²) >= 11 is 0. The maximum absolute atomic E-state index is 13.8. The maximum Gasteiger partial charge on any atom is 0.251 e. The summed E-state index contributed by atoms with van der Waals surface area (Å²) in [5.41, 5.74) is -1.04.